The minimum Gasteiger partial charge on any atom is -0.507 e. The molecule has 0 aliphatic carbocycles. The highest BCUT2D eigenvalue weighted by atomic mass is 16.4. The van der Waals surface area contributed by atoms with Crippen molar-refractivity contribution in [1.82, 2.24) is 9.55 Å². The van der Waals surface area contributed by atoms with Gasteiger partial charge in [-0.15, -0.1) is 0 Å². The summed E-state index contributed by atoms with van der Waals surface area (Å²) in [6, 6.07) is 16.1. The molecule has 3 rings (SSSR count). The van der Waals surface area contributed by atoms with Gasteiger partial charge in [0, 0.05) is 6.54 Å². The van der Waals surface area contributed by atoms with Crippen LogP contribution in [-0.2, 0) is 13.0 Å². The van der Waals surface area contributed by atoms with Crippen molar-refractivity contribution in [2.75, 3.05) is 0 Å². The number of phenols is 1. The van der Waals surface area contributed by atoms with E-state index in [0.717, 1.165) is 5.56 Å². The smallest absolute Gasteiger partial charge is 0.343 e. The predicted molar refractivity (Wildman–Crippen MR) is 97.4 cm³/mol. The summed E-state index contributed by atoms with van der Waals surface area (Å²) in [4.78, 5) is 28.6. The summed E-state index contributed by atoms with van der Waals surface area (Å²) in [6.45, 7) is 1.73. The van der Waals surface area contributed by atoms with Gasteiger partial charge >= 0.3 is 5.97 Å². The number of nitrogens with zero attached hydrogens (tertiary/aromatic N) is 2. The molecule has 0 bridgehead atoms. The number of aromatic carboxylic acids is 1. The topological polar surface area (TPSA) is 92.4 Å². The molecule has 0 fully saturated rings. The Balaban J connectivity index is 2.15. The van der Waals surface area contributed by atoms with Crippen LogP contribution >= 0.6 is 0 Å². The summed E-state index contributed by atoms with van der Waals surface area (Å²) in [5.41, 5.74) is 0.547. The quantitative estimate of drug-likeness (QED) is 0.738. The summed E-state index contributed by atoms with van der Waals surface area (Å²) < 4.78 is 1.32. The van der Waals surface area contributed by atoms with Crippen molar-refractivity contribution in [2.24, 2.45) is 0 Å². The lowest BCUT2D eigenvalue weighted by Gasteiger charge is -2.15. The molecule has 0 saturated heterocycles. The van der Waals surface area contributed by atoms with Crippen molar-refractivity contribution in [3.05, 3.63) is 81.8 Å². The Labute approximate surface area is 150 Å². The number of hydrogen-bond donors (Lipinski definition) is 2. The molecule has 0 aliphatic rings. The third-order valence-electron chi connectivity index (χ3n) is 4.18. The average Bonchev–Trinajstić information content (AvgIpc) is 2.61. The zero-order chi connectivity index (χ0) is 18.7. The maximum atomic E-state index is 12.8. The van der Waals surface area contributed by atoms with Gasteiger partial charge in [0.15, 0.2) is 0 Å². The third-order valence-corrected chi connectivity index (χ3v) is 4.18. The van der Waals surface area contributed by atoms with Crippen LogP contribution in [0.3, 0.4) is 0 Å². The number of carbonyl (C=O) groups is 1. The van der Waals surface area contributed by atoms with E-state index < -0.39 is 11.5 Å². The van der Waals surface area contributed by atoms with Gasteiger partial charge in [0.1, 0.15) is 17.1 Å². The van der Waals surface area contributed by atoms with E-state index >= 15 is 0 Å². The molecule has 6 heteroatoms. The first kappa shape index (κ1) is 17.4. The summed E-state index contributed by atoms with van der Waals surface area (Å²) in [7, 11) is 0. The number of phenolic OH excluding ortho intramolecular Hbond substituents is 1. The van der Waals surface area contributed by atoms with Gasteiger partial charge in [-0.2, -0.15) is 0 Å². The first-order valence-corrected chi connectivity index (χ1v) is 8.16. The Morgan fingerprint density at radius 3 is 2.38 bits per heavy atom. The lowest BCUT2D eigenvalue weighted by atomic mass is 10.1. The molecule has 0 unspecified atom stereocenters. The molecule has 26 heavy (non-hydrogen) atoms. The van der Waals surface area contributed by atoms with E-state index in [1.165, 1.54) is 17.6 Å². The Kier molecular flexibility index (Phi) is 4.84. The predicted octanol–water partition coefficient (Wildman–Crippen LogP) is 2.87. The van der Waals surface area contributed by atoms with Crippen molar-refractivity contribution in [2.45, 2.75) is 19.9 Å². The highest BCUT2D eigenvalue weighted by Gasteiger charge is 2.21. The molecule has 0 atom stereocenters. The van der Waals surface area contributed by atoms with Crippen molar-refractivity contribution >= 4 is 5.97 Å². The van der Waals surface area contributed by atoms with Gasteiger partial charge in [-0.1, -0.05) is 42.5 Å². The number of carboxylic acid groups (broad SMARTS) is 1. The summed E-state index contributed by atoms with van der Waals surface area (Å²) >= 11 is 0. The fraction of sp³-hybridized carbons (Fsp3) is 0.150. The maximum absolute atomic E-state index is 12.8. The number of carboxylic acids is 1. The van der Waals surface area contributed by atoms with Crippen molar-refractivity contribution in [3.8, 4) is 17.1 Å². The molecule has 2 aromatic carbocycles. The van der Waals surface area contributed by atoms with Gasteiger partial charge in [0.05, 0.1) is 11.3 Å². The van der Waals surface area contributed by atoms with Gasteiger partial charge in [0.25, 0.3) is 5.56 Å². The standard InChI is InChI=1S/C20H18N2O4/c1-13-17(20(25)26)19(24)22(12-11-14-7-3-2-4-8-14)18(21-13)15-9-5-6-10-16(15)23/h2-10,23H,11-12H2,1H3,(H,25,26). The largest absolute Gasteiger partial charge is 0.507 e. The number of aryl methyl sites for hydroxylation is 2. The van der Waals surface area contributed by atoms with Gasteiger partial charge in [-0.05, 0) is 31.0 Å². The summed E-state index contributed by atoms with van der Waals surface area (Å²) in [5, 5.41) is 19.5. The Morgan fingerprint density at radius 1 is 1.08 bits per heavy atom. The van der Waals surface area contributed by atoms with Crippen LogP contribution in [0.4, 0.5) is 0 Å². The maximum Gasteiger partial charge on any atom is 0.343 e. The molecular weight excluding hydrogens is 332 g/mol. The number of aromatic nitrogens is 2. The molecule has 0 saturated carbocycles. The van der Waals surface area contributed by atoms with Crippen LogP contribution in [0.25, 0.3) is 11.4 Å². The van der Waals surface area contributed by atoms with E-state index in [-0.39, 0.29) is 29.4 Å². The van der Waals surface area contributed by atoms with Gasteiger partial charge in [-0.25, -0.2) is 9.78 Å². The number of rotatable bonds is 5. The number of aromatic hydroxyl groups is 1. The molecule has 132 valence electrons. The second-order valence-corrected chi connectivity index (χ2v) is 5.91. The van der Waals surface area contributed by atoms with Gasteiger partial charge in [-0.3, -0.25) is 9.36 Å². The number of hydrogen-bond acceptors (Lipinski definition) is 4. The third kappa shape index (κ3) is 3.35. The Hall–Kier alpha value is -3.41. The van der Waals surface area contributed by atoms with Gasteiger partial charge in [0.2, 0.25) is 0 Å². The van der Waals surface area contributed by atoms with Crippen molar-refractivity contribution < 1.29 is 15.0 Å². The number of para-hydroxylation sites is 1. The molecule has 1 heterocycles. The van der Waals surface area contributed by atoms with Crippen LogP contribution in [0.1, 0.15) is 21.6 Å². The average molecular weight is 350 g/mol. The SMILES string of the molecule is Cc1nc(-c2ccccc2O)n(CCc2ccccc2)c(=O)c1C(=O)O. The van der Waals surface area contributed by atoms with Crippen LogP contribution in [0.15, 0.2) is 59.4 Å². The Bertz CT molecular complexity index is 1010. The van der Waals surface area contributed by atoms with Crippen LogP contribution in [0.2, 0.25) is 0 Å². The van der Waals surface area contributed by atoms with Crippen LogP contribution in [-0.4, -0.2) is 25.7 Å². The minimum absolute atomic E-state index is 0.0182. The normalized spacial score (nSPS) is 10.7. The van der Waals surface area contributed by atoms with E-state index in [1.54, 1.807) is 18.2 Å². The molecular formula is C20H18N2O4. The van der Waals surface area contributed by atoms with E-state index in [0.29, 0.717) is 12.0 Å². The molecule has 3 aromatic rings. The minimum atomic E-state index is -1.31. The zero-order valence-electron chi connectivity index (χ0n) is 14.2. The lowest BCUT2D eigenvalue weighted by molar-refractivity contribution is 0.0692. The van der Waals surface area contributed by atoms with E-state index in [9.17, 15) is 19.8 Å². The molecule has 2 N–H and O–H groups in total. The van der Waals surface area contributed by atoms with E-state index in [2.05, 4.69) is 4.98 Å². The molecule has 0 amide bonds. The highest BCUT2D eigenvalue weighted by Crippen LogP contribution is 2.27. The molecule has 1 aromatic heterocycles. The van der Waals surface area contributed by atoms with Crippen LogP contribution in [0.5, 0.6) is 5.75 Å². The summed E-state index contributed by atoms with van der Waals surface area (Å²) in [6.07, 6.45) is 0.533. The van der Waals surface area contributed by atoms with E-state index in [1.807, 2.05) is 30.3 Å². The second-order valence-electron chi connectivity index (χ2n) is 5.91. The molecule has 0 spiro atoms. The monoisotopic (exact) mass is 350 g/mol. The van der Waals surface area contributed by atoms with Crippen molar-refractivity contribution in [3.63, 3.8) is 0 Å². The molecule has 0 aliphatic heterocycles. The Morgan fingerprint density at radius 2 is 1.73 bits per heavy atom. The van der Waals surface area contributed by atoms with E-state index in [4.69, 9.17) is 0 Å². The fourth-order valence-corrected chi connectivity index (χ4v) is 2.87. The van der Waals surface area contributed by atoms with Crippen LogP contribution in [0, 0.1) is 6.92 Å². The first-order valence-electron chi connectivity index (χ1n) is 8.16. The van der Waals surface area contributed by atoms with Crippen LogP contribution < -0.4 is 5.56 Å². The fourth-order valence-electron chi connectivity index (χ4n) is 2.87. The summed E-state index contributed by atoms with van der Waals surface area (Å²) in [5.74, 6) is -1.07. The molecule has 6 nitrogen and oxygen atoms in total. The van der Waals surface area contributed by atoms with Gasteiger partial charge < -0.3 is 10.2 Å². The number of benzene rings is 2. The first-order chi connectivity index (χ1) is 12.5. The molecule has 0 radical (unpaired) electrons. The van der Waals surface area contributed by atoms with Crippen molar-refractivity contribution in [1.29, 1.82) is 0 Å². The second kappa shape index (κ2) is 7.23. The lowest BCUT2D eigenvalue weighted by Crippen LogP contribution is -2.31. The zero-order valence-corrected chi connectivity index (χ0v) is 14.2. The highest BCUT2D eigenvalue weighted by molar-refractivity contribution is 5.88.